The molecular weight excluding hydrogens is 528 g/mol. The van der Waals surface area contributed by atoms with Crippen LogP contribution in [-0.4, -0.2) is 96.1 Å². The first-order chi connectivity index (χ1) is 18.9. The molecule has 0 spiro atoms. The van der Waals surface area contributed by atoms with Crippen molar-refractivity contribution in [3.8, 4) is 0 Å². The second-order valence-corrected chi connectivity index (χ2v) is 8.95. The van der Waals surface area contributed by atoms with E-state index in [0.717, 1.165) is 4.90 Å². The van der Waals surface area contributed by atoms with Gasteiger partial charge in [0, 0.05) is 17.7 Å². The van der Waals surface area contributed by atoms with Gasteiger partial charge in [0.25, 0.3) is 11.5 Å². The molecule has 0 unspecified atom stereocenters. The van der Waals surface area contributed by atoms with Crippen molar-refractivity contribution in [1.82, 2.24) is 30.2 Å². The van der Waals surface area contributed by atoms with Crippen LogP contribution < -0.4 is 21.9 Å². The standard InChI is InChI=1S/C24H28N8O8/c1-32(2)24(11-33,22(40)29-15(21(38)39)7-8-16(34)35)18(36)12-3-5-13(6-4-12)26-9-14-10-27-19-17(28-14)20(37)31-23(25)30-19/h3-6,10,15,26,33H,7-9,11H2,1-2H3,(H,29,40)(H,34,35)(H,38,39)(H3,25,27,30,31,37)/t15-,24+/m0/s1. The lowest BCUT2D eigenvalue weighted by Gasteiger charge is -2.36. The summed E-state index contributed by atoms with van der Waals surface area (Å²) in [5, 5.41) is 33.7. The lowest BCUT2D eigenvalue weighted by molar-refractivity contribution is -0.145. The van der Waals surface area contributed by atoms with Crippen LogP contribution in [0.1, 0.15) is 28.9 Å². The summed E-state index contributed by atoms with van der Waals surface area (Å²) in [6, 6.07) is 4.32. The summed E-state index contributed by atoms with van der Waals surface area (Å²) >= 11 is 0. The number of ketones is 1. The summed E-state index contributed by atoms with van der Waals surface area (Å²) in [6.45, 7) is -0.816. The molecule has 3 rings (SSSR count). The highest BCUT2D eigenvalue weighted by atomic mass is 16.4. The van der Waals surface area contributed by atoms with Crippen molar-refractivity contribution in [2.45, 2.75) is 31.0 Å². The number of rotatable bonds is 13. The molecule has 0 saturated heterocycles. The van der Waals surface area contributed by atoms with Crippen LogP contribution in [0.2, 0.25) is 0 Å². The summed E-state index contributed by atoms with van der Waals surface area (Å²) in [5.41, 5.74) is 3.91. The maximum atomic E-state index is 13.5. The second-order valence-electron chi connectivity index (χ2n) is 8.95. The zero-order valence-electron chi connectivity index (χ0n) is 21.5. The van der Waals surface area contributed by atoms with Crippen molar-refractivity contribution in [3.63, 3.8) is 0 Å². The molecule has 212 valence electrons. The summed E-state index contributed by atoms with van der Waals surface area (Å²) in [7, 11) is 2.74. The Balaban J connectivity index is 1.77. The molecule has 0 bridgehead atoms. The minimum absolute atomic E-state index is 0.0184. The van der Waals surface area contributed by atoms with Crippen LogP contribution in [0, 0.1) is 0 Å². The monoisotopic (exact) mass is 556 g/mol. The Hall–Kier alpha value is -4.96. The number of likely N-dealkylation sites (N-methyl/N-ethyl adjacent to an activating group) is 1. The average Bonchev–Trinajstić information content (AvgIpc) is 2.90. The lowest BCUT2D eigenvalue weighted by Crippen LogP contribution is -2.65. The van der Waals surface area contributed by atoms with Gasteiger partial charge in [-0.2, -0.15) is 4.98 Å². The topological polar surface area (TPSA) is 254 Å². The summed E-state index contributed by atoms with van der Waals surface area (Å²) < 4.78 is 0. The predicted octanol–water partition coefficient (Wildman–Crippen LogP) is -1.18. The summed E-state index contributed by atoms with van der Waals surface area (Å²) in [6.07, 6.45) is 0.478. The van der Waals surface area contributed by atoms with E-state index in [0.29, 0.717) is 11.4 Å². The van der Waals surface area contributed by atoms with Gasteiger partial charge in [-0.25, -0.2) is 14.8 Å². The Labute approximate surface area is 226 Å². The van der Waals surface area contributed by atoms with Crippen molar-refractivity contribution < 1.29 is 34.5 Å². The minimum atomic E-state index is -2.18. The number of nitrogen functional groups attached to an aromatic ring is 1. The molecule has 0 aliphatic rings. The van der Waals surface area contributed by atoms with E-state index < -0.39 is 60.2 Å². The number of carbonyl (C=O) groups is 4. The fourth-order valence-corrected chi connectivity index (χ4v) is 3.82. The molecule has 0 fully saturated rings. The Kier molecular flexibility index (Phi) is 9.08. The molecule has 0 radical (unpaired) electrons. The fraction of sp³-hybridized carbons (Fsp3) is 0.333. The van der Waals surface area contributed by atoms with Crippen molar-refractivity contribution in [2.24, 2.45) is 0 Å². The van der Waals surface area contributed by atoms with Gasteiger partial charge in [-0.3, -0.25) is 29.1 Å². The molecule has 8 N–H and O–H groups in total. The van der Waals surface area contributed by atoms with E-state index in [9.17, 15) is 34.2 Å². The largest absolute Gasteiger partial charge is 0.481 e. The number of fused-ring (bicyclic) bond motifs is 1. The lowest BCUT2D eigenvalue weighted by atomic mass is 9.87. The van der Waals surface area contributed by atoms with E-state index in [1.165, 1.54) is 32.4 Å². The summed E-state index contributed by atoms with van der Waals surface area (Å²) in [4.78, 5) is 76.8. The number of hydrogen-bond donors (Lipinski definition) is 7. The van der Waals surface area contributed by atoms with Gasteiger partial charge < -0.3 is 31.7 Å². The third-order valence-electron chi connectivity index (χ3n) is 6.10. The highest BCUT2D eigenvalue weighted by molar-refractivity contribution is 6.18. The van der Waals surface area contributed by atoms with Crippen LogP contribution >= 0.6 is 0 Å². The van der Waals surface area contributed by atoms with E-state index in [1.54, 1.807) is 12.1 Å². The molecule has 40 heavy (non-hydrogen) atoms. The third kappa shape index (κ3) is 6.36. The first-order valence-corrected chi connectivity index (χ1v) is 11.8. The van der Waals surface area contributed by atoms with E-state index in [4.69, 9.17) is 10.8 Å². The highest BCUT2D eigenvalue weighted by Gasteiger charge is 2.49. The average molecular weight is 557 g/mol. The Morgan fingerprint density at radius 2 is 1.80 bits per heavy atom. The number of aliphatic carboxylic acids is 2. The molecule has 2 atom stereocenters. The molecule has 1 amide bonds. The SMILES string of the molecule is CN(C)[C@@](CO)(C(=O)N[C@@H](CCC(=O)O)C(=O)O)C(=O)c1ccc(NCc2cnc3nc(N)[nH]c(=O)c3n2)cc1. The number of carboxylic acid groups (broad SMARTS) is 2. The molecule has 2 heterocycles. The molecule has 2 aromatic heterocycles. The third-order valence-corrected chi connectivity index (χ3v) is 6.10. The number of aliphatic hydroxyl groups excluding tert-OH is 1. The molecule has 0 aliphatic carbocycles. The number of aromatic amines is 1. The first-order valence-electron chi connectivity index (χ1n) is 11.8. The number of Topliss-reactive ketones (excluding diaryl/α,β-unsaturated/α-hetero) is 1. The highest BCUT2D eigenvalue weighted by Crippen LogP contribution is 2.22. The van der Waals surface area contributed by atoms with Crippen molar-refractivity contribution in [3.05, 3.63) is 52.1 Å². The van der Waals surface area contributed by atoms with Crippen molar-refractivity contribution in [1.29, 1.82) is 0 Å². The zero-order chi connectivity index (χ0) is 29.6. The van der Waals surface area contributed by atoms with Gasteiger partial charge in [-0.05, 0) is 44.8 Å². The Morgan fingerprint density at radius 3 is 2.38 bits per heavy atom. The number of H-pyrrole nitrogens is 1. The Bertz CT molecular complexity index is 1490. The van der Waals surface area contributed by atoms with Crippen LogP contribution in [0.3, 0.4) is 0 Å². The van der Waals surface area contributed by atoms with Gasteiger partial charge in [-0.15, -0.1) is 0 Å². The van der Waals surface area contributed by atoms with E-state index in [1.807, 2.05) is 0 Å². The quantitative estimate of drug-likeness (QED) is 0.0966. The smallest absolute Gasteiger partial charge is 0.326 e. The maximum absolute atomic E-state index is 13.5. The van der Waals surface area contributed by atoms with Gasteiger partial charge in [0.15, 0.2) is 22.5 Å². The van der Waals surface area contributed by atoms with Crippen molar-refractivity contribution >= 4 is 46.4 Å². The molecule has 16 heteroatoms. The van der Waals surface area contributed by atoms with Gasteiger partial charge in [0.05, 0.1) is 25.0 Å². The predicted molar refractivity (Wildman–Crippen MR) is 140 cm³/mol. The van der Waals surface area contributed by atoms with Gasteiger partial charge in [0.2, 0.25) is 5.95 Å². The van der Waals surface area contributed by atoms with Crippen LogP contribution in [0.15, 0.2) is 35.3 Å². The number of aliphatic hydroxyl groups is 1. The molecule has 0 saturated carbocycles. The number of hydrogen-bond acceptors (Lipinski definition) is 12. The van der Waals surface area contributed by atoms with Crippen LogP contribution in [0.25, 0.3) is 11.2 Å². The van der Waals surface area contributed by atoms with Crippen LogP contribution in [-0.2, 0) is 20.9 Å². The molecule has 0 aliphatic heterocycles. The van der Waals surface area contributed by atoms with E-state index in [-0.39, 0.29) is 29.2 Å². The Morgan fingerprint density at radius 1 is 1.12 bits per heavy atom. The number of nitrogens with two attached hydrogens (primary N) is 1. The van der Waals surface area contributed by atoms with Crippen LogP contribution in [0.4, 0.5) is 11.6 Å². The van der Waals surface area contributed by atoms with E-state index >= 15 is 0 Å². The first kappa shape index (κ1) is 29.6. The van der Waals surface area contributed by atoms with E-state index in [2.05, 4.69) is 30.6 Å². The number of nitrogens with one attached hydrogen (secondary N) is 3. The number of amides is 1. The van der Waals surface area contributed by atoms with Crippen molar-refractivity contribution in [2.75, 3.05) is 31.8 Å². The number of nitrogens with zero attached hydrogens (tertiary/aromatic N) is 4. The minimum Gasteiger partial charge on any atom is -0.481 e. The molecule has 1 aromatic carbocycles. The van der Waals surface area contributed by atoms with Gasteiger partial charge >= 0.3 is 11.9 Å². The maximum Gasteiger partial charge on any atom is 0.326 e. The molecule has 16 nitrogen and oxygen atoms in total. The number of anilines is 2. The number of aromatic nitrogens is 4. The molecular formula is C24H28N8O8. The normalized spacial score (nSPS) is 13.4. The number of benzene rings is 1. The zero-order valence-corrected chi connectivity index (χ0v) is 21.5. The molecule has 3 aromatic rings. The number of carbonyl (C=O) groups excluding carboxylic acids is 2. The van der Waals surface area contributed by atoms with Gasteiger partial charge in [-0.1, -0.05) is 0 Å². The van der Waals surface area contributed by atoms with Gasteiger partial charge in [0.1, 0.15) is 6.04 Å². The second kappa shape index (κ2) is 12.3. The number of carboxylic acids is 2. The van der Waals surface area contributed by atoms with Crippen LogP contribution in [0.5, 0.6) is 0 Å². The summed E-state index contributed by atoms with van der Waals surface area (Å²) in [5.74, 6) is -4.72. The fourth-order valence-electron chi connectivity index (χ4n) is 3.82.